The van der Waals surface area contributed by atoms with Gasteiger partial charge in [-0.05, 0) is 33.8 Å². The van der Waals surface area contributed by atoms with Gasteiger partial charge >= 0.3 is 7.12 Å². The molecule has 0 spiro atoms. The standard InChI is InChI=1S/C14H19BN2O2/c1-13(2)14(3,4)19-15(18-13)11-9-17(5)12-6-7-16-8-10(11)12/h6-9H,1-5H3. The molecule has 0 radical (unpaired) electrons. The molecule has 0 N–H and O–H groups in total. The molecule has 4 nitrogen and oxygen atoms in total. The third-order valence-corrected chi connectivity index (χ3v) is 4.33. The number of aryl methyl sites for hydroxylation is 1. The van der Waals surface area contributed by atoms with Crippen molar-refractivity contribution in [2.45, 2.75) is 38.9 Å². The lowest BCUT2D eigenvalue weighted by molar-refractivity contribution is 0.00578. The Bertz CT molecular complexity index is 617. The summed E-state index contributed by atoms with van der Waals surface area (Å²) >= 11 is 0. The van der Waals surface area contributed by atoms with E-state index in [1.54, 1.807) is 6.20 Å². The van der Waals surface area contributed by atoms with E-state index in [0.29, 0.717) is 0 Å². The third-order valence-electron chi connectivity index (χ3n) is 4.33. The fourth-order valence-corrected chi connectivity index (χ4v) is 2.42. The van der Waals surface area contributed by atoms with E-state index >= 15 is 0 Å². The Kier molecular flexibility index (Phi) is 2.56. The van der Waals surface area contributed by atoms with E-state index in [-0.39, 0.29) is 18.3 Å². The fourth-order valence-electron chi connectivity index (χ4n) is 2.42. The molecule has 19 heavy (non-hydrogen) atoms. The molecule has 0 unspecified atom stereocenters. The third kappa shape index (κ3) is 1.80. The predicted octanol–water partition coefficient (Wildman–Crippen LogP) is 1.87. The first-order chi connectivity index (χ1) is 8.82. The van der Waals surface area contributed by atoms with Crippen LogP contribution >= 0.6 is 0 Å². The maximum absolute atomic E-state index is 6.11. The Balaban J connectivity index is 2.08. The number of fused-ring (bicyclic) bond motifs is 1. The molecule has 3 heterocycles. The molecule has 1 aliphatic rings. The zero-order chi connectivity index (χ0) is 13.8. The molecular formula is C14H19BN2O2. The van der Waals surface area contributed by atoms with Crippen molar-refractivity contribution >= 4 is 23.5 Å². The molecule has 0 bridgehead atoms. The first kappa shape index (κ1) is 12.7. The summed E-state index contributed by atoms with van der Waals surface area (Å²) in [6, 6.07) is 2.00. The van der Waals surface area contributed by atoms with Crippen molar-refractivity contribution in [3.05, 3.63) is 24.7 Å². The average molecular weight is 258 g/mol. The van der Waals surface area contributed by atoms with E-state index in [2.05, 4.69) is 43.4 Å². The van der Waals surface area contributed by atoms with Gasteiger partial charge in [0.1, 0.15) is 0 Å². The number of pyridine rings is 1. The summed E-state index contributed by atoms with van der Waals surface area (Å²) in [7, 11) is 1.69. The van der Waals surface area contributed by atoms with Gasteiger partial charge in [-0.25, -0.2) is 0 Å². The molecule has 100 valence electrons. The van der Waals surface area contributed by atoms with Crippen molar-refractivity contribution in [2.24, 2.45) is 7.05 Å². The minimum Gasteiger partial charge on any atom is -0.399 e. The Morgan fingerprint density at radius 3 is 2.42 bits per heavy atom. The summed E-state index contributed by atoms with van der Waals surface area (Å²) in [4.78, 5) is 4.21. The highest BCUT2D eigenvalue weighted by Crippen LogP contribution is 2.37. The largest absolute Gasteiger partial charge is 0.497 e. The van der Waals surface area contributed by atoms with Crippen molar-refractivity contribution < 1.29 is 9.31 Å². The monoisotopic (exact) mass is 258 g/mol. The number of rotatable bonds is 1. The zero-order valence-corrected chi connectivity index (χ0v) is 12.1. The number of aromatic nitrogens is 2. The minimum absolute atomic E-state index is 0.317. The van der Waals surface area contributed by atoms with E-state index < -0.39 is 0 Å². The topological polar surface area (TPSA) is 36.3 Å². The molecular weight excluding hydrogens is 239 g/mol. The summed E-state index contributed by atoms with van der Waals surface area (Å²) in [5, 5.41) is 1.09. The van der Waals surface area contributed by atoms with E-state index in [4.69, 9.17) is 9.31 Å². The van der Waals surface area contributed by atoms with Gasteiger partial charge in [0.2, 0.25) is 0 Å². The Morgan fingerprint density at radius 2 is 1.79 bits per heavy atom. The van der Waals surface area contributed by atoms with Crippen LogP contribution in [-0.2, 0) is 16.4 Å². The average Bonchev–Trinajstić information content (AvgIpc) is 2.76. The van der Waals surface area contributed by atoms with Crippen LogP contribution in [0.4, 0.5) is 0 Å². The summed E-state index contributed by atoms with van der Waals surface area (Å²) in [5.41, 5.74) is 1.55. The molecule has 2 aromatic heterocycles. The first-order valence-corrected chi connectivity index (χ1v) is 6.56. The van der Waals surface area contributed by atoms with Crippen LogP contribution in [0, 0.1) is 0 Å². The predicted molar refractivity (Wildman–Crippen MR) is 76.4 cm³/mol. The lowest BCUT2D eigenvalue weighted by atomic mass is 9.79. The lowest BCUT2D eigenvalue weighted by Crippen LogP contribution is -2.41. The number of hydrogen-bond acceptors (Lipinski definition) is 3. The molecule has 0 aromatic carbocycles. The molecule has 2 aromatic rings. The molecule has 0 amide bonds. The fraction of sp³-hybridized carbons (Fsp3) is 0.500. The van der Waals surface area contributed by atoms with Crippen LogP contribution in [0.3, 0.4) is 0 Å². The smallest absolute Gasteiger partial charge is 0.399 e. The minimum atomic E-state index is -0.335. The van der Waals surface area contributed by atoms with Crippen molar-refractivity contribution in [1.82, 2.24) is 9.55 Å². The van der Waals surface area contributed by atoms with Gasteiger partial charge in [0.15, 0.2) is 0 Å². The van der Waals surface area contributed by atoms with Gasteiger partial charge in [-0.2, -0.15) is 0 Å². The second-order valence-corrected chi connectivity index (χ2v) is 6.18. The van der Waals surface area contributed by atoms with Gasteiger partial charge in [0, 0.05) is 36.5 Å². The Morgan fingerprint density at radius 1 is 1.16 bits per heavy atom. The van der Waals surface area contributed by atoms with E-state index in [1.807, 2.05) is 19.3 Å². The summed E-state index contributed by atoms with van der Waals surface area (Å²) in [6.45, 7) is 8.26. The zero-order valence-electron chi connectivity index (χ0n) is 12.1. The van der Waals surface area contributed by atoms with Crippen LogP contribution in [0.1, 0.15) is 27.7 Å². The normalized spacial score (nSPS) is 21.2. The molecule has 3 rings (SSSR count). The second kappa shape index (κ2) is 3.84. The highest BCUT2D eigenvalue weighted by atomic mass is 16.7. The highest BCUT2D eigenvalue weighted by Gasteiger charge is 2.52. The maximum Gasteiger partial charge on any atom is 0.497 e. The van der Waals surface area contributed by atoms with E-state index in [1.165, 1.54) is 0 Å². The van der Waals surface area contributed by atoms with E-state index in [0.717, 1.165) is 16.4 Å². The Hall–Kier alpha value is -1.33. The van der Waals surface area contributed by atoms with Crippen molar-refractivity contribution in [2.75, 3.05) is 0 Å². The molecule has 1 saturated heterocycles. The van der Waals surface area contributed by atoms with Crippen LogP contribution in [0.25, 0.3) is 10.9 Å². The van der Waals surface area contributed by atoms with Crippen molar-refractivity contribution in [3.63, 3.8) is 0 Å². The lowest BCUT2D eigenvalue weighted by Gasteiger charge is -2.32. The second-order valence-electron chi connectivity index (χ2n) is 6.18. The van der Waals surface area contributed by atoms with Gasteiger partial charge < -0.3 is 13.9 Å². The molecule has 1 fully saturated rings. The number of hydrogen-bond donors (Lipinski definition) is 0. The molecule has 1 aliphatic heterocycles. The van der Waals surface area contributed by atoms with Crippen LogP contribution in [0.2, 0.25) is 0 Å². The van der Waals surface area contributed by atoms with Crippen LogP contribution < -0.4 is 5.46 Å². The number of nitrogens with zero attached hydrogens (tertiary/aromatic N) is 2. The van der Waals surface area contributed by atoms with Crippen LogP contribution in [-0.4, -0.2) is 27.9 Å². The molecule has 5 heteroatoms. The van der Waals surface area contributed by atoms with Gasteiger partial charge in [-0.1, -0.05) is 0 Å². The Labute approximate surface area is 113 Å². The molecule has 0 aliphatic carbocycles. The van der Waals surface area contributed by atoms with Gasteiger partial charge in [0.25, 0.3) is 0 Å². The quantitative estimate of drug-likeness (QED) is 0.733. The summed E-state index contributed by atoms with van der Waals surface area (Å²) in [5.74, 6) is 0. The first-order valence-electron chi connectivity index (χ1n) is 6.56. The summed E-state index contributed by atoms with van der Waals surface area (Å²) in [6.07, 6.45) is 5.74. The van der Waals surface area contributed by atoms with Crippen molar-refractivity contribution in [1.29, 1.82) is 0 Å². The highest BCUT2D eigenvalue weighted by molar-refractivity contribution is 6.65. The van der Waals surface area contributed by atoms with Crippen LogP contribution in [0.15, 0.2) is 24.7 Å². The van der Waals surface area contributed by atoms with Gasteiger partial charge in [-0.3, -0.25) is 4.98 Å². The van der Waals surface area contributed by atoms with E-state index in [9.17, 15) is 0 Å². The summed E-state index contributed by atoms with van der Waals surface area (Å²) < 4.78 is 14.3. The maximum atomic E-state index is 6.11. The van der Waals surface area contributed by atoms with Gasteiger partial charge in [0.05, 0.1) is 16.7 Å². The van der Waals surface area contributed by atoms with Crippen molar-refractivity contribution in [3.8, 4) is 0 Å². The van der Waals surface area contributed by atoms with Crippen LogP contribution in [0.5, 0.6) is 0 Å². The SMILES string of the molecule is Cn1cc(B2OC(C)(C)C(C)(C)O2)c2cnccc21. The van der Waals surface area contributed by atoms with Gasteiger partial charge in [-0.15, -0.1) is 0 Å². The molecule has 0 atom stereocenters. The molecule has 0 saturated carbocycles.